The standard InChI is InChI=1S/C19H16N2O3/c22-17-8-4-3-7-16(17)21-18(23)12-20-19(24)15-10-9-13-5-1-2-6-14(13)11-15/h1-11,22H,12H2,(H,20,24)(H,21,23). The van der Waals surface area contributed by atoms with Crippen molar-refractivity contribution >= 4 is 28.3 Å². The first-order chi connectivity index (χ1) is 11.6. The van der Waals surface area contributed by atoms with Gasteiger partial charge < -0.3 is 15.7 Å². The maximum Gasteiger partial charge on any atom is 0.251 e. The molecule has 0 aliphatic carbocycles. The van der Waals surface area contributed by atoms with Gasteiger partial charge in [0.1, 0.15) is 5.75 Å². The van der Waals surface area contributed by atoms with Gasteiger partial charge in [-0.1, -0.05) is 42.5 Å². The number of fused-ring (bicyclic) bond motifs is 1. The largest absolute Gasteiger partial charge is 0.506 e. The first-order valence-electron chi connectivity index (χ1n) is 7.48. The number of rotatable bonds is 4. The summed E-state index contributed by atoms with van der Waals surface area (Å²) in [6.07, 6.45) is 0. The van der Waals surface area contributed by atoms with E-state index < -0.39 is 5.91 Å². The summed E-state index contributed by atoms with van der Waals surface area (Å²) in [5.41, 5.74) is 0.798. The number of hydrogen-bond donors (Lipinski definition) is 3. The average molecular weight is 320 g/mol. The van der Waals surface area contributed by atoms with Crippen molar-refractivity contribution in [2.24, 2.45) is 0 Å². The number of phenolic OH excluding ortho intramolecular Hbond substituents is 1. The first-order valence-corrected chi connectivity index (χ1v) is 7.48. The SMILES string of the molecule is O=C(CNC(=O)c1ccc2ccccc2c1)Nc1ccccc1O. The first kappa shape index (κ1) is 15.6. The molecule has 5 heteroatoms. The molecule has 0 bridgehead atoms. The molecule has 0 heterocycles. The van der Waals surface area contributed by atoms with Gasteiger partial charge in [-0.05, 0) is 35.0 Å². The highest BCUT2D eigenvalue weighted by atomic mass is 16.3. The van der Waals surface area contributed by atoms with Gasteiger partial charge >= 0.3 is 0 Å². The monoisotopic (exact) mass is 320 g/mol. The summed E-state index contributed by atoms with van der Waals surface area (Å²) in [6, 6.07) is 19.5. The van der Waals surface area contributed by atoms with Crippen molar-refractivity contribution in [1.82, 2.24) is 5.32 Å². The summed E-state index contributed by atoms with van der Waals surface area (Å²) in [7, 11) is 0. The summed E-state index contributed by atoms with van der Waals surface area (Å²) < 4.78 is 0. The Morgan fingerprint density at radius 3 is 2.38 bits per heavy atom. The molecule has 0 aromatic heterocycles. The second kappa shape index (κ2) is 6.83. The zero-order valence-corrected chi connectivity index (χ0v) is 12.8. The van der Waals surface area contributed by atoms with Crippen LogP contribution < -0.4 is 10.6 Å². The number of nitrogens with one attached hydrogen (secondary N) is 2. The molecule has 24 heavy (non-hydrogen) atoms. The number of carbonyl (C=O) groups excluding carboxylic acids is 2. The van der Waals surface area contributed by atoms with Gasteiger partial charge in [0.15, 0.2) is 0 Å². The number of carbonyl (C=O) groups is 2. The minimum absolute atomic E-state index is 0.0216. The van der Waals surface area contributed by atoms with E-state index in [0.717, 1.165) is 10.8 Å². The maximum atomic E-state index is 12.2. The molecular formula is C19H16N2O3. The molecule has 0 saturated carbocycles. The van der Waals surface area contributed by atoms with Crippen LogP contribution in [0.25, 0.3) is 10.8 Å². The Bertz CT molecular complexity index is 906. The Hall–Kier alpha value is -3.34. The molecule has 0 fully saturated rings. The van der Waals surface area contributed by atoms with Crippen LogP contribution in [0, 0.1) is 0 Å². The summed E-state index contributed by atoms with van der Waals surface area (Å²) in [4.78, 5) is 24.0. The number of aromatic hydroxyl groups is 1. The Labute approximate surface area is 138 Å². The Balaban J connectivity index is 1.62. The van der Waals surface area contributed by atoms with Crippen molar-refractivity contribution in [3.8, 4) is 5.75 Å². The molecule has 0 atom stereocenters. The molecule has 0 unspecified atom stereocenters. The van der Waals surface area contributed by atoms with Crippen LogP contribution in [0.1, 0.15) is 10.4 Å². The molecule has 0 saturated heterocycles. The summed E-state index contributed by atoms with van der Waals surface area (Å²) in [6.45, 7) is -0.181. The molecule has 5 nitrogen and oxygen atoms in total. The van der Waals surface area contributed by atoms with Crippen molar-refractivity contribution in [2.75, 3.05) is 11.9 Å². The third kappa shape index (κ3) is 3.52. The molecule has 3 aromatic carbocycles. The highest BCUT2D eigenvalue weighted by molar-refractivity contribution is 6.01. The fourth-order valence-electron chi connectivity index (χ4n) is 2.37. The number of amides is 2. The topological polar surface area (TPSA) is 78.4 Å². The van der Waals surface area contributed by atoms with E-state index in [1.54, 1.807) is 30.3 Å². The summed E-state index contributed by atoms with van der Waals surface area (Å²) in [5.74, 6) is -0.759. The van der Waals surface area contributed by atoms with Gasteiger partial charge in [0, 0.05) is 5.56 Å². The van der Waals surface area contributed by atoms with Crippen LogP contribution >= 0.6 is 0 Å². The van der Waals surface area contributed by atoms with Crippen molar-refractivity contribution in [3.63, 3.8) is 0 Å². The fraction of sp³-hybridized carbons (Fsp3) is 0.0526. The van der Waals surface area contributed by atoms with Crippen LogP contribution in [-0.4, -0.2) is 23.5 Å². The van der Waals surface area contributed by atoms with Gasteiger partial charge in [0.05, 0.1) is 12.2 Å². The number of phenols is 1. The highest BCUT2D eigenvalue weighted by Crippen LogP contribution is 2.21. The van der Waals surface area contributed by atoms with E-state index in [0.29, 0.717) is 11.3 Å². The maximum absolute atomic E-state index is 12.2. The second-order valence-corrected chi connectivity index (χ2v) is 5.31. The molecule has 0 aliphatic rings. The van der Waals surface area contributed by atoms with Crippen LogP contribution in [0.2, 0.25) is 0 Å². The van der Waals surface area contributed by atoms with Crippen LogP contribution in [0.15, 0.2) is 66.7 Å². The molecule has 0 radical (unpaired) electrons. The summed E-state index contributed by atoms with van der Waals surface area (Å²) >= 11 is 0. The van der Waals surface area contributed by atoms with Crippen molar-refractivity contribution in [3.05, 3.63) is 72.3 Å². The zero-order chi connectivity index (χ0) is 16.9. The second-order valence-electron chi connectivity index (χ2n) is 5.31. The molecule has 120 valence electrons. The van der Waals surface area contributed by atoms with E-state index in [2.05, 4.69) is 10.6 Å². The van der Waals surface area contributed by atoms with Crippen molar-refractivity contribution in [1.29, 1.82) is 0 Å². The molecule has 3 aromatic rings. The lowest BCUT2D eigenvalue weighted by atomic mass is 10.1. The third-order valence-electron chi connectivity index (χ3n) is 3.60. The van der Waals surface area contributed by atoms with Crippen molar-refractivity contribution < 1.29 is 14.7 Å². The minimum Gasteiger partial charge on any atom is -0.506 e. The van der Waals surface area contributed by atoms with E-state index in [1.807, 2.05) is 30.3 Å². The molecule has 3 rings (SSSR count). The fourth-order valence-corrected chi connectivity index (χ4v) is 2.37. The van der Waals surface area contributed by atoms with Crippen LogP contribution in [-0.2, 0) is 4.79 Å². The van der Waals surface area contributed by atoms with E-state index >= 15 is 0 Å². The van der Waals surface area contributed by atoms with E-state index in [9.17, 15) is 14.7 Å². The smallest absolute Gasteiger partial charge is 0.251 e. The predicted molar refractivity (Wildman–Crippen MR) is 93.0 cm³/mol. The number of benzene rings is 3. The lowest BCUT2D eigenvalue weighted by molar-refractivity contribution is -0.115. The third-order valence-corrected chi connectivity index (χ3v) is 3.60. The molecule has 0 aliphatic heterocycles. The molecular weight excluding hydrogens is 304 g/mol. The average Bonchev–Trinajstić information content (AvgIpc) is 2.61. The van der Waals surface area contributed by atoms with Gasteiger partial charge in [-0.15, -0.1) is 0 Å². The Morgan fingerprint density at radius 1 is 0.875 bits per heavy atom. The van der Waals surface area contributed by atoms with Gasteiger partial charge in [-0.2, -0.15) is 0 Å². The zero-order valence-electron chi connectivity index (χ0n) is 12.8. The van der Waals surface area contributed by atoms with Gasteiger partial charge in [0.25, 0.3) is 5.91 Å². The normalized spacial score (nSPS) is 10.3. The van der Waals surface area contributed by atoms with Crippen LogP contribution in [0.3, 0.4) is 0 Å². The van der Waals surface area contributed by atoms with E-state index in [1.165, 1.54) is 6.07 Å². The highest BCUT2D eigenvalue weighted by Gasteiger charge is 2.10. The molecule has 2 amide bonds. The van der Waals surface area contributed by atoms with Crippen LogP contribution in [0.5, 0.6) is 5.75 Å². The predicted octanol–water partition coefficient (Wildman–Crippen LogP) is 2.91. The van der Waals surface area contributed by atoms with Gasteiger partial charge in [0.2, 0.25) is 5.91 Å². The van der Waals surface area contributed by atoms with Gasteiger partial charge in [-0.3, -0.25) is 9.59 Å². The van der Waals surface area contributed by atoms with E-state index in [4.69, 9.17) is 0 Å². The lowest BCUT2D eigenvalue weighted by Crippen LogP contribution is -2.32. The quantitative estimate of drug-likeness (QED) is 0.647. The number of para-hydroxylation sites is 2. The summed E-state index contributed by atoms with van der Waals surface area (Å²) in [5, 5.41) is 16.7. The molecule has 3 N–H and O–H groups in total. The van der Waals surface area contributed by atoms with E-state index in [-0.39, 0.29) is 18.2 Å². The minimum atomic E-state index is -0.411. The molecule has 0 spiro atoms. The lowest BCUT2D eigenvalue weighted by Gasteiger charge is -2.08. The van der Waals surface area contributed by atoms with Gasteiger partial charge in [-0.25, -0.2) is 0 Å². The number of anilines is 1. The van der Waals surface area contributed by atoms with Crippen molar-refractivity contribution in [2.45, 2.75) is 0 Å². The Kier molecular flexibility index (Phi) is 4.43. The van der Waals surface area contributed by atoms with Crippen LogP contribution in [0.4, 0.5) is 5.69 Å². The number of hydrogen-bond acceptors (Lipinski definition) is 3. The Morgan fingerprint density at radius 2 is 1.58 bits per heavy atom.